The van der Waals surface area contributed by atoms with Crippen LogP contribution in [0, 0.1) is 5.92 Å². The number of H-pyrrole nitrogens is 1. The Morgan fingerprint density at radius 3 is 3.06 bits per heavy atom. The number of anilines is 3. The molecule has 0 saturated carbocycles. The van der Waals surface area contributed by atoms with E-state index < -0.39 is 0 Å². The Morgan fingerprint density at radius 2 is 2.39 bits per heavy atom. The maximum absolute atomic E-state index is 11.6. The number of fused-ring (bicyclic) bond motifs is 1. The lowest BCUT2D eigenvalue weighted by Crippen LogP contribution is -2.31. The van der Waals surface area contributed by atoms with Crippen LogP contribution < -0.4 is 21.5 Å². The molecule has 0 amide bonds. The maximum Gasteiger partial charge on any atom is 0.277 e. The van der Waals surface area contributed by atoms with Crippen LogP contribution in [0.2, 0.25) is 0 Å². The van der Waals surface area contributed by atoms with Crippen LogP contribution in [-0.4, -0.2) is 41.2 Å². The van der Waals surface area contributed by atoms with Gasteiger partial charge in [-0.3, -0.25) is 9.78 Å². The Kier molecular flexibility index (Phi) is 3.47. The van der Waals surface area contributed by atoms with Gasteiger partial charge in [0.15, 0.2) is 5.82 Å². The average Bonchev–Trinajstić information content (AvgIpc) is 2.72. The van der Waals surface area contributed by atoms with E-state index in [4.69, 9.17) is 10.8 Å². The molecule has 5 N–H and O–H groups in total. The van der Waals surface area contributed by atoms with E-state index in [0.717, 1.165) is 6.29 Å². The van der Waals surface area contributed by atoms with Crippen molar-refractivity contribution in [2.75, 3.05) is 35.8 Å². The quantitative estimate of drug-likeness (QED) is 0.483. The van der Waals surface area contributed by atoms with Crippen molar-refractivity contribution < 1.29 is 9.90 Å². The predicted octanol–water partition coefficient (Wildman–Crippen LogP) is -1.26. The minimum atomic E-state index is -0.329. The van der Waals surface area contributed by atoms with Gasteiger partial charge in [0.25, 0.3) is 5.56 Å². The van der Waals surface area contributed by atoms with E-state index >= 15 is 0 Å². The summed E-state index contributed by atoms with van der Waals surface area (Å²) in [7, 11) is 0. The molecule has 8 nitrogen and oxygen atoms in total. The maximum atomic E-state index is 11.6. The van der Waals surface area contributed by atoms with E-state index in [2.05, 4.69) is 15.3 Å². The summed E-state index contributed by atoms with van der Waals surface area (Å²) in [6, 6.07) is 0. The second-order valence-electron chi connectivity index (χ2n) is 4.12. The lowest BCUT2D eigenvalue weighted by atomic mass is 10.1. The van der Waals surface area contributed by atoms with Gasteiger partial charge < -0.3 is 25.9 Å². The number of nitrogens with zero attached hydrogens (tertiary/aromatic N) is 2. The molecule has 1 aromatic heterocycles. The monoisotopic (exact) mass is 253 g/mol. The number of carbonyl (C=O) groups excluding carboxylic acids is 1. The van der Waals surface area contributed by atoms with Crippen LogP contribution in [0.4, 0.5) is 17.5 Å². The second-order valence-corrected chi connectivity index (χ2v) is 4.12. The summed E-state index contributed by atoms with van der Waals surface area (Å²) in [5.74, 6) is 0.184. The summed E-state index contributed by atoms with van der Waals surface area (Å²) in [5.41, 5.74) is 5.52. The normalized spacial score (nSPS) is 15.1. The highest BCUT2D eigenvalue weighted by atomic mass is 16.3. The molecule has 1 aromatic rings. The lowest BCUT2D eigenvalue weighted by Gasteiger charge is -2.20. The first kappa shape index (κ1) is 12.4. The Hall–Kier alpha value is -2.09. The third-order valence-corrected chi connectivity index (χ3v) is 2.81. The van der Waals surface area contributed by atoms with E-state index in [9.17, 15) is 9.59 Å². The summed E-state index contributed by atoms with van der Waals surface area (Å²) >= 11 is 0. The first-order chi connectivity index (χ1) is 8.65. The molecular formula is C10H15N5O3. The molecule has 18 heavy (non-hydrogen) atoms. The molecule has 0 aromatic carbocycles. The molecule has 0 radical (unpaired) electrons. The highest BCUT2D eigenvalue weighted by Crippen LogP contribution is 2.26. The van der Waals surface area contributed by atoms with E-state index in [1.807, 2.05) is 0 Å². The van der Waals surface area contributed by atoms with E-state index in [1.165, 1.54) is 0 Å². The number of aldehydes is 1. The average molecular weight is 253 g/mol. The van der Waals surface area contributed by atoms with Gasteiger partial charge in [-0.05, 0) is 6.42 Å². The third-order valence-electron chi connectivity index (χ3n) is 2.81. The standard InChI is InChI=1S/C10H15N5O3/c11-10-13-8-7(9(18)14-10)12-5-15(8)3-6(4-17)1-2-16/h4,6,12,16H,1-3,5H2,(H3,11,13,14,18). The molecule has 2 heterocycles. The van der Waals surface area contributed by atoms with E-state index in [0.29, 0.717) is 31.1 Å². The van der Waals surface area contributed by atoms with Gasteiger partial charge >= 0.3 is 0 Å². The molecule has 1 unspecified atom stereocenters. The largest absolute Gasteiger partial charge is 0.396 e. The molecule has 2 rings (SSSR count). The van der Waals surface area contributed by atoms with E-state index in [1.54, 1.807) is 4.90 Å². The third kappa shape index (κ3) is 2.28. The van der Waals surface area contributed by atoms with Crippen molar-refractivity contribution in [1.29, 1.82) is 0 Å². The molecule has 1 atom stereocenters. The number of aliphatic hydroxyl groups is 1. The van der Waals surface area contributed by atoms with Crippen molar-refractivity contribution in [2.24, 2.45) is 5.92 Å². The van der Waals surface area contributed by atoms with Gasteiger partial charge in [-0.15, -0.1) is 0 Å². The van der Waals surface area contributed by atoms with Gasteiger partial charge in [0, 0.05) is 19.1 Å². The number of aliphatic hydroxyl groups excluding tert-OH is 1. The Labute approximate surface area is 103 Å². The van der Waals surface area contributed by atoms with Crippen molar-refractivity contribution >= 4 is 23.7 Å². The number of hydrogen-bond donors (Lipinski definition) is 4. The van der Waals surface area contributed by atoms with Crippen LogP contribution in [0.3, 0.4) is 0 Å². The van der Waals surface area contributed by atoms with Gasteiger partial charge in [-0.25, -0.2) is 0 Å². The molecule has 98 valence electrons. The van der Waals surface area contributed by atoms with Crippen molar-refractivity contribution in [2.45, 2.75) is 6.42 Å². The summed E-state index contributed by atoms with van der Waals surface area (Å²) < 4.78 is 0. The molecule has 1 aliphatic heterocycles. The summed E-state index contributed by atoms with van der Waals surface area (Å²) in [4.78, 5) is 30.6. The second kappa shape index (κ2) is 5.05. The highest BCUT2D eigenvalue weighted by molar-refractivity contribution is 5.71. The molecule has 0 spiro atoms. The fourth-order valence-electron chi connectivity index (χ4n) is 1.92. The van der Waals surface area contributed by atoms with Crippen LogP contribution >= 0.6 is 0 Å². The number of nitrogen functional groups attached to an aromatic ring is 1. The molecule has 0 fully saturated rings. The number of nitrogens with one attached hydrogen (secondary N) is 2. The molecule has 0 saturated heterocycles. The fraction of sp³-hybridized carbons (Fsp3) is 0.500. The minimum absolute atomic E-state index is 0.0391. The number of rotatable bonds is 5. The Bertz CT molecular complexity index is 501. The molecule has 8 heteroatoms. The lowest BCUT2D eigenvalue weighted by molar-refractivity contribution is -0.111. The first-order valence-corrected chi connectivity index (χ1v) is 5.60. The summed E-state index contributed by atoms with van der Waals surface area (Å²) in [6.45, 7) is 0.729. The van der Waals surface area contributed by atoms with Crippen molar-refractivity contribution in [1.82, 2.24) is 9.97 Å². The fourth-order valence-corrected chi connectivity index (χ4v) is 1.92. The SMILES string of the molecule is Nc1nc2c(c(=O)[nH]1)NCN2CC(C=O)CCO. The van der Waals surface area contributed by atoms with Crippen molar-refractivity contribution in [3.8, 4) is 0 Å². The zero-order valence-electron chi connectivity index (χ0n) is 9.72. The molecule has 0 bridgehead atoms. The number of aromatic nitrogens is 2. The van der Waals surface area contributed by atoms with Crippen LogP contribution in [-0.2, 0) is 4.79 Å². The number of hydrogen-bond acceptors (Lipinski definition) is 7. The summed E-state index contributed by atoms with van der Waals surface area (Å²) in [5, 5.41) is 11.7. The zero-order chi connectivity index (χ0) is 13.1. The van der Waals surface area contributed by atoms with Crippen molar-refractivity contribution in [3.05, 3.63) is 10.4 Å². The Morgan fingerprint density at radius 1 is 1.61 bits per heavy atom. The van der Waals surface area contributed by atoms with Gasteiger partial charge in [-0.2, -0.15) is 4.98 Å². The molecular weight excluding hydrogens is 238 g/mol. The Balaban J connectivity index is 2.21. The number of carbonyl (C=O) groups is 1. The topological polar surface area (TPSA) is 124 Å². The van der Waals surface area contributed by atoms with Crippen LogP contribution in [0.5, 0.6) is 0 Å². The number of aromatic amines is 1. The molecule has 1 aliphatic rings. The summed E-state index contributed by atoms with van der Waals surface area (Å²) in [6.07, 6.45) is 1.18. The smallest absolute Gasteiger partial charge is 0.277 e. The highest BCUT2D eigenvalue weighted by Gasteiger charge is 2.25. The van der Waals surface area contributed by atoms with Gasteiger partial charge in [-0.1, -0.05) is 0 Å². The van der Waals surface area contributed by atoms with Crippen LogP contribution in [0.1, 0.15) is 6.42 Å². The predicted molar refractivity (Wildman–Crippen MR) is 66.4 cm³/mol. The molecule has 0 aliphatic carbocycles. The van der Waals surface area contributed by atoms with E-state index in [-0.39, 0.29) is 24.0 Å². The van der Waals surface area contributed by atoms with Crippen LogP contribution in [0.25, 0.3) is 0 Å². The zero-order valence-corrected chi connectivity index (χ0v) is 9.72. The van der Waals surface area contributed by atoms with Gasteiger partial charge in [0.2, 0.25) is 5.95 Å². The first-order valence-electron chi connectivity index (χ1n) is 5.60. The van der Waals surface area contributed by atoms with Gasteiger partial charge in [0.1, 0.15) is 12.0 Å². The van der Waals surface area contributed by atoms with Crippen LogP contribution in [0.15, 0.2) is 4.79 Å². The minimum Gasteiger partial charge on any atom is -0.396 e. The van der Waals surface area contributed by atoms with Crippen molar-refractivity contribution in [3.63, 3.8) is 0 Å². The van der Waals surface area contributed by atoms with Gasteiger partial charge in [0.05, 0.1) is 6.67 Å². The number of nitrogens with two attached hydrogens (primary N) is 1.